The zero-order valence-electron chi connectivity index (χ0n) is 19.0. The summed E-state index contributed by atoms with van der Waals surface area (Å²) in [7, 11) is 0. The van der Waals surface area contributed by atoms with Gasteiger partial charge in [-0.2, -0.15) is 0 Å². The Kier molecular flexibility index (Phi) is 3.92. The van der Waals surface area contributed by atoms with Crippen LogP contribution in [0.15, 0.2) is 0 Å². The standard InChI is InChI=1S/C26H42O3/c1-15-25-12-11-24(4)18-6-5-16(14-27)29-20(18)13-19(24)17(25)7-8-21-23(2,3)22(28)9-10-26(15,21)25/h15-22,27-28H,5-14H2,1-4H3. The van der Waals surface area contributed by atoms with E-state index in [-0.39, 0.29) is 24.2 Å². The summed E-state index contributed by atoms with van der Waals surface area (Å²) < 4.78 is 6.44. The number of hydrogen-bond acceptors (Lipinski definition) is 3. The SMILES string of the molecule is CC1C23CCC4(C)C5CCC(CO)OC5CC4C2CCC2C(C)(C)C(O)CCC213. The molecule has 0 aromatic heterocycles. The quantitative estimate of drug-likeness (QED) is 0.663. The summed E-state index contributed by atoms with van der Waals surface area (Å²) in [5.74, 6) is 3.91. The van der Waals surface area contributed by atoms with E-state index in [1.54, 1.807) is 0 Å². The van der Waals surface area contributed by atoms with Crippen LogP contribution in [0, 0.1) is 51.2 Å². The highest BCUT2D eigenvalue weighted by Gasteiger charge is 2.84. The van der Waals surface area contributed by atoms with Gasteiger partial charge in [-0.15, -0.1) is 0 Å². The van der Waals surface area contributed by atoms with E-state index in [1.807, 2.05) is 0 Å². The zero-order chi connectivity index (χ0) is 20.4. The van der Waals surface area contributed by atoms with Crippen LogP contribution >= 0.6 is 0 Å². The zero-order valence-corrected chi connectivity index (χ0v) is 19.0. The van der Waals surface area contributed by atoms with Crippen molar-refractivity contribution in [2.75, 3.05) is 6.61 Å². The predicted octanol–water partition coefficient (Wildman–Crippen LogP) is 4.79. The average molecular weight is 403 g/mol. The largest absolute Gasteiger partial charge is 0.394 e. The van der Waals surface area contributed by atoms with E-state index in [1.165, 1.54) is 44.9 Å². The third-order valence-electron chi connectivity index (χ3n) is 12.5. The fraction of sp³-hybridized carbons (Fsp3) is 1.00. The van der Waals surface area contributed by atoms with E-state index in [2.05, 4.69) is 27.7 Å². The molecule has 5 aliphatic carbocycles. The Morgan fingerprint density at radius 3 is 2.38 bits per heavy atom. The van der Waals surface area contributed by atoms with E-state index in [0.717, 1.165) is 30.6 Å². The maximum atomic E-state index is 10.8. The molecule has 0 bridgehead atoms. The van der Waals surface area contributed by atoms with Crippen LogP contribution in [0.25, 0.3) is 0 Å². The molecule has 0 aromatic carbocycles. The molecule has 6 fully saturated rings. The van der Waals surface area contributed by atoms with Gasteiger partial charge in [0.25, 0.3) is 0 Å². The highest BCUT2D eigenvalue weighted by atomic mass is 16.5. The number of aliphatic hydroxyl groups excluding tert-OH is 2. The summed E-state index contributed by atoms with van der Waals surface area (Å²) in [6, 6.07) is 0. The predicted molar refractivity (Wildman–Crippen MR) is 113 cm³/mol. The van der Waals surface area contributed by atoms with E-state index < -0.39 is 0 Å². The molecule has 0 radical (unpaired) electrons. The summed E-state index contributed by atoms with van der Waals surface area (Å²) in [4.78, 5) is 0. The summed E-state index contributed by atoms with van der Waals surface area (Å²) in [6.45, 7) is 10.1. The van der Waals surface area contributed by atoms with Crippen molar-refractivity contribution in [2.45, 2.75) is 104 Å². The normalized spacial score (nSPS) is 62.3. The number of fused-ring (bicyclic) bond motifs is 4. The maximum Gasteiger partial charge on any atom is 0.0809 e. The molecule has 29 heavy (non-hydrogen) atoms. The first-order valence-electron chi connectivity index (χ1n) is 12.7. The van der Waals surface area contributed by atoms with Gasteiger partial charge in [-0.1, -0.05) is 27.7 Å². The summed E-state index contributed by atoms with van der Waals surface area (Å²) >= 11 is 0. The highest BCUT2D eigenvalue weighted by Crippen LogP contribution is 2.89. The van der Waals surface area contributed by atoms with Gasteiger partial charge in [0.15, 0.2) is 0 Å². The van der Waals surface area contributed by atoms with Crippen LogP contribution in [-0.4, -0.2) is 35.1 Å². The minimum absolute atomic E-state index is 0.0723. The molecule has 1 aliphatic heterocycles. The van der Waals surface area contributed by atoms with Crippen LogP contribution in [0.2, 0.25) is 0 Å². The lowest BCUT2D eigenvalue weighted by Crippen LogP contribution is -2.54. The van der Waals surface area contributed by atoms with Crippen LogP contribution in [0.1, 0.15) is 85.5 Å². The molecule has 1 saturated heterocycles. The minimum atomic E-state index is -0.119. The van der Waals surface area contributed by atoms with E-state index in [9.17, 15) is 10.2 Å². The van der Waals surface area contributed by atoms with Gasteiger partial charge in [-0.05, 0) is 109 Å². The fourth-order valence-corrected chi connectivity index (χ4v) is 11.2. The first-order chi connectivity index (χ1) is 13.7. The summed E-state index contributed by atoms with van der Waals surface area (Å²) in [5.41, 5.74) is 1.56. The monoisotopic (exact) mass is 402 g/mol. The minimum Gasteiger partial charge on any atom is -0.394 e. The molecule has 3 nitrogen and oxygen atoms in total. The third-order valence-corrected chi connectivity index (χ3v) is 12.5. The smallest absolute Gasteiger partial charge is 0.0809 e. The Balaban J connectivity index is 1.35. The van der Waals surface area contributed by atoms with Crippen molar-refractivity contribution in [2.24, 2.45) is 51.2 Å². The van der Waals surface area contributed by atoms with Crippen LogP contribution in [0.4, 0.5) is 0 Å². The molecule has 6 rings (SSSR count). The van der Waals surface area contributed by atoms with E-state index >= 15 is 0 Å². The summed E-state index contributed by atoms with van der Waals surface area (Å²) in [5, 5.41) is 20.5. The molecule has 0 amide bonds. The number of ether oxygens (including phenoxy) is 1. The van der Waals surface area contributed by atoms with Gasteiger partial charge in [0.2, 0.25) is 0 Å². The van der Waals surface area contributed by atoms with Crippen molar-refractivity contribution >= 4 is 0 Å². The Hall–Kier alpha value is -0.120. The Morgan fingerprint density at radius 2 is 1.62 bits per heavy atom. The van der Waals surface area contributed by atoms with E-state index in [4.69, 9.17) is 4.74 Å². The van der Waals surface area contributed by atoms with Crippen LogP contribution in [-0.2, 0) is 4.74 Å². The molecular weight excluding hydrogens is 360 g/mol. The Labute approximate surface area is 177 Å². The summed E-state index contributed by atoms with van der Waals surface area (Å²) in [6.07, 6.45) is 11.7. The van der Waals surface area contributed by atoms with Crippen molar-refractivity contribution in [1.29, 1.82) is 0 Å². The lowest BCUT2D eigenvalue weighted by Gasteiger charge is -2.59. The molecule has 11 atom stereocenters. The first-order valence-corrected chi connectivity index (χ1v) is 12.7. The van der Waals surface area contributed by atoms with Gasteiger partial charge in [-0.3, -0.25) is 0 Å². The van der Waals surface area contributed by atoms with Crippen molar-refractivity contribution in [3.8, 4) is 0 Å². The van der Waals surface area contributed by atoms with Crippen molar-refractivity contribution in [3.63, 3.8) is 0 Å². The van der Waals surface area contributed by atoms with Crippen molar-refractivity contribution in [3.05, 3.63) is 0 Å². The van der Waals surface area contributed by atoms with Gasteiger partial charge >= 0.3 is 0 Å². The van der Waals surface area contributed by atoms with Gasteiger partial charge in [0.05, 0.1) is 24.9 Å². The number of hydrogen-bond donors (Lipinski definition) is 2. The topological polar surface area (TPSA) is 49.7 Å². The first kappa shape index (κ1) is 19.6. The van der Waals surface area contributed by atoms with Gasteiger partial charge < -0.3 is 14.9 Å². The molecule has 1 heterocycles. The van der Waals surface area contributed by atoms with Crippen LogP contribution in [0.5, 0.6) is 0 Å². The third kappa shape index (κ3) is 2.03. The molecule has 0 aromatic rings. The average Bonchev–Trinajstić information content (AvgIpc) is 3.08. The van der Waals surface area contributed by atoms with Crippen LogP contribution in [0.3, 0.4) is 0 Å². The molecule has 3 heteroatoms. The lowest BCUT2D eigenvalue weighted by molar-refractivity contribution is -0.136. The number of aliphatic hydroxyl groups is 2. The second kappa shape index (κ2) is 5.81. The van der Waals surface area contributed by atoms with Crippen LogP contribution < -0.4 is 0 Å². The Bertz CT molecular complexity index is 704. The molecule has 5 saturated carbocycles. The fourth-order valence-electron chi connectivity index (χ4n) is 11.2. The molecule has 2 N–H and O–H groups in total. The molecular formula is C26H42O3. The lowest BCUT2D eigenvalue weighted by atomic mass is 9.46. The number of rotatable bonds is 1. The van der Waals surface area contributed by atoms with Crippen molar-refractivity contribution < 1.29 is 14.9 Å². The second-order valence-corrected chi connectivity index (χ2v) is 12.9. The van der Waals surface area contributed by atoms with Crippen molar-refractivity contribution in [1.82, 2.24) is 0 Å². The van der Waals surface area contributed by atoms with Gasteiger partial charge in [0, 0.05) is 0 Å². The Morgan fingerprint density at radius 1 is 0.862 bits per heavy atom. The molecule has 6 aliphatic rings. The maximum absolute atomic E-state index is 10.8. The second-order valence-electron chi connectivity index (χ2n) is 12.9. The molecule has 164 valence electrons. The van der Waals surface area contributed by atoms with Gasteiger partial charge in [-0.25, -0.2) is 0 Å². The molecule has 11 unspecified atom stereocenters. The van der Waals surface area contributed by atoms with Gasteiger partial charge in [0.1, 0.15) is 0 Å². The highest BCUT2D eigenvalue weighted by molar-refractivity contribution is 5.32. The van der Waals surface area contributed by atoms with E-state index in [0.29, 0.717) is 34.2 Å². The molecule has 2 spiro atoms.